The second kappa shape index (κ2) is 6.28. The van der Waals surface area contributed by atoms with E-state index in [1.54, 1.807) is 12.1 Å². The van der Waals surface area contributed by atoms with Crippen LogP contribution >= 0.6 is 0 Å². The molecule has 0 aliphatic heterocycles. The van der Waals surface area contributed by atoms with Crippen LogP contribution in [0.5, 0.6) is 5.75 Å². The second-order valence-electron chi connectivity index (χ2n) is 5.11. The molecule has 1 saturated carbocycles. The monoisotopic (exact) mass is 278 g/mol. The lowest BCUT2D eigenvalue weighted by atomic mass is 9.77. The molecule has 1 fully saturated rings. The van der Waals surface area contributed by atoms with Crippen LogP contribution in [0.2, 0.25) is 0 Å². The van der Waals surface area contributed by atoms with Crippen molar-refractivity contribution in [3.05, 3.63) is 23.8 Å². The molecule has 0 spiro atoms. The summed E-state index contributed by atoms with van der Waals surface area (Å²) in [4.78, 5) is 11.5. The van der Waals surface area contributed by atoms with Gasteiger partial charge in [-0.2, -0.15) is 0 Å². The molecule has 1 aliphatic rings. The highest BCUT2D eigenvalue weighted by atomic mass is 16.5. The summed E-state index contributed by atoms with van der Waals surface area (Å²) in [6.45, 7) is 0. The van der Waals surface area contributed by atoms with E-state index in [9.17, 15) is 14.8 Å². The number of rotatable bonds is 4. The molecule has 1 aromatic carbocycles. The Balaban J connectivity index is 2.18. The van der Waals surface area contributed by atoms with Gasteiger partial charge in [0.1, 0.15) is 5.75 Å². The molecule has 108 valence electrons. The van der Waals surface area contributed by atoms with Crippen LogP contribution < -0.4 is 10.2 Å². The molecule has 0 unspecified atom stereocenters. The molecule has 6 heteroatoms. The smallest absolute Gasteiger partial charge is 0.492 e. The van der Waals surface area contributed by atoms with E-state index in [-0.39, 0.29) is 17.8 Å². The summed E-state index contributed by atoms with van der Waals surface area (Å²) in [7, 11) is 1.33. The van der Waals surface area contributed by atoms with Crippen LogP contribution in [0.1, 0.15) is 30.7 Å². The minimum Gasteiger partial charge on any atom is -0.497 e. The average Bonchev–Trinajstić information content (AvgIpc) is 2.95. The highest BCUT2D eigenvalue weighted by Crippen LogP contribution is 2.38. The van der Waals surface area contributed by atoms with Gasteiger partial charge in [0.05, 0.1) is 20.1 Å². The van der Waals surface area contributed by atoms with E-state index in [0.29, 0.717) is 11.2 Å². The number of methoxy groups -OCH3 is 2. The predicted molar refractivity (Wildman–Crippen MR) is 74.9 cm³/mol. The van der Waals surface area contributed by atoms with Gasteiger partial charge in [-0.1, -0.05) is 12.1 Å². The first-order chi connectivity index (χ1) is 9.56. The van der Waals surface area contributed by atoms with Gasteiger partial charge in [0.15, 0.2) is 0 Å². The van der Waals surface area contributed by atoms with Gasteiger partial charge >= 0.3 is 13.1 Å². The fourth-order valence-corrected chi connectivity index (χ4v) is 2.87. The van der Waals surface area contributed by atoms with Gasteiger partial charge in [0.25, 0.3) is 0 Å². The lowest BCUT2D eigenvalue weighted by molar-refractivity contribution is -0.145. The molecule has 0 aromatic heterocycles. The van der Waals surface area contributed by atoms with E-state index in [1.807, 2.05) is 6.07 Å². The number of carbonyl (C=O) groups excluding carboxylic acids is 1. The quantitative estimate of drug-likeness (QED) is 0.617. The Morgan fingerprint density at radius 3 is 2.65 bits per heavy atom. The average molecular weight is 278 g/mol. The minimum atomic E-state index is -1.57. The standard InChI is InChI=1S/C14H19BO5/c1-19-13-6-5-10(8-12(13)15(17)18)9-3-4-11(7-9)14(16)20-2/h5-6,8-9,11,17-18H,3-4,7H2,1-2H3/t9-,11+/m0/s1. The van der Waals surface area contributed by atoms with Crippen molar-refractivity contribution in [3.63, 3.8) is 0 Å². The van der Waals surface area contributed by atoms with Crippen LogP contribution in [0, 0.1) is 5.92 Å². The Labute approximate surface area is 118 Å². The first kappa shape index (κ1) is 14.9. The van der Waals surface area contributed by atoms with Gasteiger partial charge in [0.2, 0.25) is 0 Å². The van der Waals surface area contributed by atoms with Crippen molar-refractivity contribution in [1.82, 2.24) is 0 Å². The number of ether oxygens (including phenoxy) is 2. The first-order valence-electron chi connectivity index (χ1n) is 6.68. The van der Waals surface area contributed by atoms with E-state index in [4.69, 9.17) is 9.47 Å². The molecular formula is C14H19BO5. The molecule has 2 N–H and O–H groups in total. The third-order valence-corrected chi connectivity index (χ3v) is 3.97. The summed E-state index contributed by atoms with van der Waals surface area (Å²) in [5, 5.41) is 18.8. The van der Waals surface area contributed by atoms with Gasteiger partial charge in [-0.3, -0.25) is 4.79 Å². The summed E-state index contributed by atoms with van der Waals surface area (Å²) in [5.74, 6) is 0.465. The molecule has 1 aliphatic carbocycles. The van der Waals surface area contributed by atoms with Crippen LogP contribution in [0.3, 0.4) is 0 Å². The molecule has 0 bridgehead atoms. The normalized spacial score (nSPS) is 21.6. The van der Waals surface area contributed by atoms with Crippen molar-refractivity contribution in [2.24, 2.45) is 5.92 Å². The Bertz CT molecular complexity index is 488. The molecule has 0 amide bonds. The van der Waals surface area contributed by atoms with Crippen molar-refractivity contribution in [2.75, 3.05) is 14.2 Å². The summed E-state index contributed by atoms with van der Waals surface area (Å²) in [6.07, 6.45) is 2.44. The zero-order valence-corrected chi connectivity index (χ0v) is 11.7. The van der Waals surface area contributed by atoms with Crippen LogP contribution in [0.15, 0.2) is 18.2 Å². The Hall–Kier alpha value is -1.53. The Morgan fingerprint density at radius 1 is 1.30 bits per heavy atom. The molecule has 0 heterocycles. The fraction of sp³-hybridized carbons (Fsp3) is 0.500. The zero-order valence-electron chi connectivity index (χ0n) is 11.7. The van der Waals surface area contributed by atoms with Crippen LogP contribution in [0.4, 0.5) is 0 Å². The molecule has 20 heavy (non-hydrogen) atoms. The third-order valence-electron chi connectivity index (χ3n) is 3.97. The Morgan fingerprint density at radius 2 is 2.05 bits per heavy atom. The van der Waals surface area contributed by atoms with E-state index >= 15 is 0 Å². The lowest BCUT2D eigenvalue weighted by Gasteiger charge is -2.14. The Kier molecular flexibility index (Phi) is 4.67. The van der Waals surface area contributed by atoms with Crippen molar-refractivity contribution < 1.29 is 24.3 Å². The van der Waals surface area contributed by atoms with Crippen molar-refractivity contribution >= 4 is 18.6 Å². The van der Waals surface area contributed by atoms with Gasteiger partial charge < -0.3 is 19.5 Å². The highest BCUT2D eigenvalue weighted by Gasteiger charge is 2.32. The number of hydrogen-bond donors (Lipinski definition) is 2. The highest BCUT2D eigenvalue weighted by molar-refractivity contribution is 6.59. The number of hydrogen-bond acceptors (Lipinski definition) is 5. The molecular weight excluding hydrogens is 259 g/mol. The van der Waals surface area contributed by atoms with Gasteiger partial charge in [0, 0.05) is 5.46 Å². The summed E-state index contributed by atoms with van der Waals surface area (Å²) in [5.41, 5.74) is 1.35. The largest absolute Gasteiger partial charge is 0.497 e. The predicted octanol–water partition coefficient (Wildman–Crippen LogP) is 0.432. The minimum absolute atomic E-state index is 0.0606. The SMILES string of the molecule is COC(=O)[C@@H]1CC[C@H](c2ccc(OC)c(B(O)O)c2)C1. The fourth-order valence-electron chi connectivity index (χ4n) is 2.87. The molecule has 2 atom stereocenters. The third kappa shape index (κ3) is 2.97. The van der Waals surface area contributed by atoms with E-state index in [2.05, 4.69) is 0 Å². The number of benzene rings is 1. The summed E-state index contributed by atoms with van der Waals surface area (Å²) < 4.78 is 9.88. The van der Waals surface area contributed by atoms with Crippen LogP contribution in [-0.4, -0.2) is 37.4 Å². The molecule has 2 rings (SSSR count). The molecule has 1 aromatic rings. The number of carbonyl (C=O) groups is 1. The summed E-state index contributed by atoms with van der Waals surface area (Å²) >= 11 is 0. The van der Waals surface area contributed by atoms with Crippen molar-refractivity contribution in [1.29, 1.82) is 0 Å². The van der Waals surface area contributed by atoms with E-state index in [0.717, 1.165) is 24.8 Å². The van der Waals surface area contributed by atoms with Crippen molar-refractivity contribution in [3.8, 4) is 5.75 Å². The zero-order chi connectivity index (χ0) is 14.7. The number of esters is 1. The lowest BCUT2D eigenvalue weighted by Crippen LogP contribution is -2.31. The maximum absolute atomic E-state index is 11.5. The van der Waals surface area contributed by atoms with Crippen LogP contribution in [-0.2, 0) is 9.53 Å². The topological polar surface area (TPSA) is 76.0 Å². The van der Waals surface area contributed by atoms with Gasteiger partial charge in [-0.05, 0) is 36.8 Å². The van der Waals surface area contributed by atoms with Crippen LogP contribution in [0.25, 0.3) is 0 Å². The van der Waals surface area contributed by atoms with E-state index in [1.165, 1.54) is 14.2 Å². The first-order valence-corrected chi connectivity index (χ1v) is 6.68. The molecule has 5 nitrogen and oxygen atoms in total. The van der Waals surface area contributed by atoms with Gasteiger partial charge in [-0.25, -0.2) is 0 Å². The van der Waals surface area contributed by atoms with Gasteiger partial charge in [-0.15, -0.1) is 0 Å². The van der Waals surface area contributed by atoms with Crippen molar-refractivity contribution in [2.45, 2.75) is 25.2 Å². The second-order valence-corrected chi connectivity index (χ2v) is 5.11. The molecule has 0 saturated heterocycles. The maximum Gasteiger partial charge on any atom is 0.492 e. The van der Waals surface area contributed by atoms with E-state index < -0.39 is 7.12 Å². The summed E-state index contributed by atoms with van der Waals surface area (Å²) in [6, 6.07) is 5.39. The molecule has 0 radical (unpaired) electrons. The maximum atomic E-state index is 11.5.